The molecule has 8 heteroatoms. The molecule has 3 rings (SSSR count). The summed E-state index contributed by atoms with van der Waals surface area (Å²) in [4.78, 5) is 16.7. The van der Waals surface area contributed by atoms with Crippen molar-refractivity contribution < 1.29 is 13.2 Å². The molecule has 2 aliphatic rings. The molecule has 1 aliphatic heterocycles. The number of aryl methyl sites for hydroxylation is 1. The van der Waals surface area contributed by atoms with Crippen molar-refractivity contribution in [1.82, 2.24) is 19.2 Å². The number of hydrogen-bond acceptors (Lipinski definition) is 4. The van der Waals surface area contributed by atoms with Gasteiger partial charge in [-0.1, -0.05) is 6.92 Å². The lowest BCUT2D eigenvalue weighted by atomic mass is 9.87. The van der Waals surface area contributed by atoms with Gasteiger partial charge in [-0.3, -0.25) is 4.79 Å². The Balaban J connectivity index is 1.62. The lowest BCUT2D eigenvalue weighted by molar-refractivity contribution is -0.127. The normalized spacial score (nSPS) is 28.0. The van der Waals surface area contributed by atoms with Crippen molar-refractivity contribution in [3.8, 4) is 0 Å². The molecule has 1 saturated heterocycles. The molecule has 0 radical (unpaired) electrons. The largest absolute Gasteiger partial charge is 0.353 e. The standard InChI is InChI=1S/C18H30N4O3S/c1-3-21-12-17(19-13-21)26(24,25)22-10-4-5-15(11-22)18(23)20-16-8-6-14(2)7-9-16/h12-16H,3-11H2,1-2H3,(H,20,23). The van der Waals surface area contributed by atoms with E-state index in [-0.39, 0.29) is 29.4 Å². The van der Waals surface area contributed by atoms with E-state index >= 15 is 0 Å². The zero-order valence-electron chi connectivity index (χ0n) is 15.7. The third kappa shape index (κ3) is 4.28. The maximum Gasteiger partial charge on any atom is 0.262 e. The van der Waals surface area contributed by atoms with E-state index in [1.807, 2.05) is 6.92 Å². The molecule has 2 fully saturated rings. The summed E-state index contributed by atoms with van der Waals surface area (Å²) >= 11 is 0. The van der Waals surface area contributed by atoms with Crippen LogP contribution in [-0.4, -0.2) is 47.3 Å². The molecule has 1 aromatic rings. The van der Waals surface area contributed by atoms with Crippen LogP contribution >= 0.6 is 0 Å². The van der Waals surface area contributed by atoms with Crippen LogP contribution < -0.4 is 5.32 Å². The quantitative estimate of drug-likeness (QED) is 0.844. The molecule has 1 unspecified atom stereocenters. The molecule has 1 atom stereocenters. The van der Waals surface area contributed by atoms with Crippen LogP contribution in [0.1, 0.15) is 52.4 Å². The van der Waals surface area contributed by atoms with Gasteiger partial charge in [0.15, 0.2) is 5.03 Å². The van der Waals surface area contributed by atoms with Crippen molar-refractivity contribution in [1.29, 1.82) is 0 Å². The fraction of sp³-hybridized carbons (Fsp3) is 0.778. The number of carbonyl (C=O) groups is 1. The van der Waals surface area contributed by atoms with Crippen molar-refractivity contribution >= 4 is 15.9 Å². The van der Waals surface area contributed by atoms with E-state index in [2.05, 4.69) is 17.2 Å². The van der Waals surface area contributed by atoms with Crippen LogP contribution in [-0.2, 0) is 21.4 Å². The summed E-state index contributed by atoms with van der Waals surface area (Å²) in [6.45, 7) is 5.56. The number of nitrogens with one attached hydrogen (secondary N) is 1. The summed E-state index contributed by atoms with van der Waals surface area (Å²) in [5, 5.41) is 3.22. The molecule has 7 nitrogen and oxygen atoms in total. The topological polar surface area (TPSA) is 84.3 Å². The second-order valence-corrected chi connectivity index (χ2v) is 9.59. The van der Waals surface area contributed by atoms with E-state index < -0.39 is 10.0 Å². The van der Waals surface area contributed by atoms with Gasteiger partial charge in [0, 0.05) is 31.9 Å². The molecule has 1 amide bonds. The van der Waals surface area contributed by atoms with Crippen LogP contribution in [0.25, 0.3) is 0 Å². The molecule has 2 heterocycles. The van der Waals surface area contributed by atoms with Crippen LogP contribution in [0, 0.1) is 11.8 Å². The minimum atomic E-state index is -3.64. The number of carbonyl (C=O) groups excluding carboxylic acids is 1. The molecule has 0 spiro atoms. The smallest absolute Gasteiger partial charge is 0.262 e. The monoisotopic (exact) mass is 382 g/mol. The third-order valence-corrected chi connectivity index (χ3v) is 7.45. The van der Waals surface area contributed by atoms with Gasteiger partial charge < -0.3 is 9.88 Å². The van der Waals surface area contributed by atoms with Crippen molar-refractivity contribution in [3.63, 3.8) is 0 Å². The van der Waals surface area contributed by atoms with Crippen LogP contribution in [0.5, 0.6) is 0 Å². The van der Waals surface area contributed by atoms with Gasteiger partial charge in [0.2, 0.25) is 5.91 Å². The highest BCUT2D eigenvalue weighted by atomic mass is 32.2. The Kier molecular flexibility index (Phi) is 6.02. The molecule has 0 bridgehead atoms. The highest BCUT2D eigenvalue weighted by molar-refractivity contribution is 7.89. The molecule has 0 aromatic carbocycles. The van der Waals surface area contributed by atoms with E-state index in [1.165, 1.54) is 10.6 Å². The Hall–Kier alpha value is -1.41. The number of imidazole rings is 1. The predicted molar refractivity (Wildman–Crippen MR) is 98.9 cm³/mol. The van der Waals surface area contributed by atoms with Crippen LogP contribution in [0.3, 0.4) is 0 Å². The van der Waals surface area contributed by atoms with E-state index in [0.29, 0.717) is 19.5 Å². The average molecular weight is 383 g/mol. The molecular formula is C18H30N4O3S. The first-order valence-corrected chi connectivity index (χ1v) is 11.2. The molecule has 1 aliphatic carbocycles. The SMILES string of the molecule is CCn1cnc(S(=O)(=O)N2CCCC(C(=O)NC3CCC(C)CC3)C2)c1. The Morgan fingerprint density at radius 3 is 2.65 bits per heavy atom. The lowest BCUT2D eigenvalue weighted by Gasteiger charge is -2.33. The Morgan fingerprint density at radius 2 is 2.00 bits per heavy atom. The Morgan fingerprint density at radius 1 is 1.27 bits per heavy atom. The van der Waals surface area contributed by atoms with Crippen molar-refractivity contribution in [2.75, 3.05) is 13.1 Å². The molecule has 1 saturated carbocycles. The van der Waals surface area contributed by atoms with Gasteiger partial charge in [0.1, 0.15) is 0 Å². The van der Waals surface area contributed by atoms with Crippen LogP contribution in [0.4, 0.5) is 0 Å². The van der Waals surface area contributed by atoms with Gasteiger partial charge in [-0.25, -0.2) is 13.4 Å². The van der Waals surface area contributed by atoms with E-state index in [1.54, 1.807) is 10.8 Å². The average Bonchev–Trinajstić information content (AvgIpc) is 3.14. The fourth-order valence-corrected chi connectivity index (χ4v) is 5.34. The summed E-state index contributed by atoms with van der Waals surface area (Å²) in [5.41, 5.74) is 0. The predicted octanol–water partition coefficient (Wildman–Crippen LogP) is 2.00. The maximum absolute atomic E-state index is 12.8. The third-order valence-electron chi connectivity index (χ3n) is 5.70. The first-order chi connectivity index (χ1) is 12.4. The second kappa shape index (κ2) is 8.08. The zero-order valence-corrected chi connectivity index (χ0v) is 16.5. The lowest BCUT2D eigenvalue weighted by Crippen LogP contribution is -2.48. The summed E-state index contributed by atoms with van der Waals surface area (Å²) in [5.74, 6) is 0.469. The van der Waals surface area contributed by atoms with E-state index in [0.717, 1.165) is 38.0 Å². The number of nitrogens with zero attached hydrogens (tertiary/aromatic N) is 3. The highest BCUT2D eigenvalue weighted by Crippen LogP contribution is 2.26. The van der Waals surface area contributed by atoms with Crippen LogP contribution in [0.15, 0.2) is 17.6 Å². The number of hydrogen-bond donors (Lipinski definition) is 1. The second-order valence-electron chi connectivity index (χ2n) is 7.71. The summed E-state index contributed by atoms with van der Waals surface area (Å²) < 4.78 is 28.8. The van der Waals surface area contributed by atoms with Gasteiger partial charge in [-0.2, -0.15) is 4.31 Å². The van der Waals surface area contributed by atoms with E-state index in [9.17, 15) is 13.2 Å². The van der Waals surface area contributed by atoms with Gasteiger partial charge in [0.05, 0.1) is 12.2 Å². The first-order valence-electron chi connectivity index (χ1n) is 9.72. The van der Waals surface area contributed by atoms with Crippen molar-refractivity contribution in [2.24, 2.45) is 11.8 Å². The van der Waals surface area contributed by atoms with Gasteiger partial charge in [-0.15, -0.1) is 0 Å². The summed E-state index contributed by atoms with van der Waals surface area (Å²) in [6, 6.07) is 0.242. The van der Waals surface area contributed by atoms with E-state index in [4.69, 9.17) is 0 Å². The minimum absolute atomic E-state index is 0.00328. The van der Waals surface area contributed by atoms with Crippen LogP contribution in [0.2, 0.25) is 0 Å². The molecule has 1 aromatic heterocycles. The molecule has 1 N–H and O–H groups in total. The minimum Gasteiger partial charge on any atom is -0.353 e. The Bertz CT molecular complexity index is 723. The maximum atomic E-state index is 12.8. The van der Waals surface area contributed by atoms with Crippen molar-refractivity contribution in [3.05, 3.63) is 12.5 Å². The van der Waals surface area contributed by atoms with Gasteiger partial charge in [-0.05, 0) is 51.4 Å². The molecule has 26 heavy (non-hydrogen) atoms. The van der Waals surface area contributed by atoms with Gasteiger partial charge in [0.25, 0.3) is 10.0 Å². The fourth-order valence-electron chi connectivity index (χ4n) is 3.88. The molecular weight excluding hydrogens is 352 g/mol. The highest BCUT2D eigenvalue weighted by Gasteiger charge is 2.35. The number of amides is 1. The van der Waals surface area contributed by atoms with Gasteiger partial charge >= 0.3 is 0 Å². The van der Waals surface area contributed by atoms with Crippen molar-refractivity contribution in [2.45, 2.75) is 70.0 Å². The Labute approximate surface area is 156 Å². The zero-order chi connectivity index (χ0) is 18.7. The number of aromatic nitrogens is 2. The summed E-state index contributed by atoms with van der Waals surface area (Å²) in [6.07, 6.45) is 8.88. The summed E-state index contributed by atoms with van der Waals surface area (Å²) in [7, 11) is -3.64. The number of sulfonamides is 1. The molecule has 146 valence electrons. The number of piperidine rings is 1. The number of rotatable bonds is 5. The first kappa shape index (κ1) is 19.4.